The lowest BCUT2D eigenvalue weighted by atomic mass is 10.2. The summed E-state index contributed by atoms with van der Waals surface area (Å²) in [6.45, 7) is 2.34. The molecule has 0 aliphatic carbocycles. The third-order valence-electron chi connectivity index (χ3n) is 3.32. The fourth-order valence-electron chi connectivity index (χ4n) is 2.31. The zero-order valence-corrected chi connectivity index (χ0v) is 12.0. The highest BCUT2D eigenvalue weighted by Gasteiger charge is 2.10. The molecule has 0 amide bonds. The van der Waals surface area contributed by atoms with Crippen molar-refractivity contribution in [3.8, 4) is 0 Å². The van der Waals surface area contributed by atoms with Crippen LogP contribution in [0.5, 0.6) is 0 Å². The molecule has 0 radical (unpaired) electrons. The van der Waals surface area contributed by atoms with Crippen molar-refractivity contribution in [2.45, 2.75) is 13.5 Å². The smallest absolute Gasteiger partial charge is 0.173 e. The lowest BCUT2D eigenvalue weighted by molar-refractivity contribution is 0.648. The number of fused-ring (bicyclic) bond motifs is 3. The van der Waals surface area contributed by atoms with Gasteiger partial charge in [0.05, 0.1) is 16.2 Å². The van der Waals surface area contributed by atoms with Gasteiger partial charge >= 0.3 is 0 Å². The van der Waals surface area contributed by atoms with E-state index in [0.717, 1.165) is 22.2 Å². The minimum Gasteiger partial charge on any atom is -0.263 e. The van der Waals surface area contributed by atoms with E-state index in [4.69, 9.17) is 11.6 Å². The summed E-state index contributed by atoms with van der Waals surface area (Å²) < 4.78 is 3.43. The highest BCUT2D eigenvalue weighted by Crippen LogP contribution is 2.17. The second kappa shape index (κ2) is 4.53. The number of para-hydroxylation sites is 1. The second-order valence-corrected chi connectivity index (χ2v) is 5.23. The molecule has 0 spiro atoms. The molecule has 1 aromatic carbocycles. The molecule has 6 nitrogen and oxygen atoms in total. The Kier molecular flexibility index (Phi) is 2.65. The topological polar surface area (TPSA) is 60.9 Å². The van der Waals surface area contributed by atoms with Gasteiger partial charge in [0.15, 0.2) is 11.5 Å². The van der Waals surface area contributed by atoms with Crippen LogP contribution in [0.1, 0.15) is 11.5 Å². The van der Waals surface area contributed by atoms with E-state index in [0.29, 0.717) is 17.4 Å². The zero-order chi connectivity index (χ0) is 14.4. The van der Waals surface area contributed by atoms with Crippen LogP contribution in [0.25, 0.3) is 16.6 Å². The third-order valence-corrected chi connectivity index (χ3v) is 3.69. The summed E-state index contributed by atoms with van der Waals surface area (Å²) >= 11 is 6.01. The van der Waals surface area contributed by atoms with Gasteiger partial charge in [-0.15, -0.1) is 5.10 Å². The first kappa shape index (κ1) is 12.3. The van der Waals surface area contributed by atoms with Gasteiger partial charge in [-0.3, -0.25) is 4.68 Å². The molecule has 21 heavy (non-hydrogen) atoms. The molecule has 0 bridgehead atoms. The lowest BCUT2D eigenvalue weighted by Crippen LogP contribution is -2.02. The summed E-state index contributed by atoms with van der Waals surface area (Å²) in [5, 5.41) is 10.4. The number of benzene rings is 1. The molecular weight excluding hydrogens is 288 g/mol. The van der Waals surface area contributed by atoms with Crippen LogP contribution in [0.15, 0.2) is 36.8 Å². The van der Waals surface area contributed by atoms with Crippen LogP contribution < -0.4 is 0 Å². The number of aromatic nitrogens is 6. The predicted octanol–water partition coefficient (Wildman–Crippen LogP) is 2.48. The fraction of sp³-hybridized carbons (Fsp3) is 0.143. The third kappa shape index (κ3) is 2.04. The van der Waals surface area contributed by atoms with Crippen LogP contribution in [0.2, 0.25) is 5.02 Å². The molecule has 3 heterocycles. The van der Waals surface area contributed by atoms with Crippen LogP contribution >= 0.6 is 11.6 Å². The van der Waals surface area contributed by atoms with Crippen LogP contribution in [-0.2, 0) is 6.54 Å². The number of rotatable bonds is 2. The van der Waals surface area contributed by atoms with E-state index in [1.807, 2.05) is 31.2 Å². The summed E-state index contributed by atoms with van der Waals surface area (Å²) in [5.41, 5.74) is 2.50. The van der Waals surface area contributed by atoms with Crippen molar-refractivity contribution in [2.24, 2.45) is 0 Å². The Morgan fingerprint density at radius 2 is 2.05 bits per heavy atom. The van der Waals surface area contributed by atoms with Crippen LogP contribution in [-0.4, -0.2) is 29.4 Å². The van der Waals surface area contributed by atoms with Gasteiger partial charge in [-0.25, -0.2) is 14.5 Å². The Balaban J connectivity index is 1.81. The molecule has 0 fully saturated rings. The number of halogens is 1. The van der Waals surface area contributed by atoms with E-state index in [1.54, 1.807) is 21.7 Å². The summed E-state index contributed by atoms with van der Waals surface area (Å²) in [5.74, 6) is 0.673. The van der Waals surface area contributed by atoms with Gasteiger partial charge in [-0.05, 0) is 19.1 Å². The highest BCUT2D eigenvalue weighted by molar-refractivity contribution is 6.31. The number of nitrogens with zero attached hydrogens (tertiary/aromatic N) is 6. The van der Waals surface area contributed by atoms with Gasteiger partial charge < -0.3 is 0 Å². The van der Waals surface area contributed by atoms with Crippen molar-refractivity contribution in [1.29, 1.82) is 0 Å². The maximum absolute atomic E-state index is 6.01. The lowest BCUT2D eigenvalue weighted by Gasteiger charge is -1.96. The predicted molar refractivity (Wildman–Crippen MR) is 79.4 cm³/mol. The van der Waals surface area contributed by atoms with Crippen molar-refractivity contribution >= 4 is 28.2 Å². The number of aryl methyl sites for hydroxylation is 1. The Hall–Kier alpha value is -2.47. The second-order valence-electron chi connectivity index (χ2n) is 4.82. The minimum atomic E-state index is 0.476. The van der Waals surface area contributed by atoms with E-state index in [2.05, 4.69) is 20.2 Å². The standard InChI is InChI=1S/C14H11ClN6/c1-9-11(15)6-20(18-9)7-13-17-14-10-4-2-3-5-12(10)16-8-21(14)19-13/h2-6,8H,7H2,1H3. The maximum atomic E-state index is 6.01. The summed E-state index contributed by atoms with van der Waals surface area (Å²) in [4.78, 5) is 8.95. The Bertz CT molecular complexity index is 935. The highest BCUT2D eigenvalue weighted by atomic mass is 35.5. The monoisotopic (exact) mass is 298 g/mol. The van der Waals surface area contributed by atoms with Gasteiger partial charge in [0, 0.05) is 11.6 Å². The normalized spacial score (nSPS) is 11.5. The summed E-state index contributed by atoms with van der Waals surface area (Å²) in [6.07, 6.45) is 3.45. The largest absolute Gasteiger partial charge is 0.263 e. The molecule has 4 rings (SSSR count). The molecule has 0 atom stereocenters. The van der Waals surface area contributed by atoms with Crippen molar-refractivity contribution in [3.63, 3.8) is 0 Å². The number of hydrogen-bond donors (Lipinski definition) is 0. The van der Waals surface area contributed by atoms with Crippen LogP contribution in [0, 0.1) is 6.92 Å². The first-order valence-electron chi connectivity index (χ1n) is 6.49. The van der Waals surface area contributed by atoms with E-state index in [1.165, 1.54) is 0 Å². The molecule has 7 heteroatoms. The maximum Gasteiger partial charge on any atom is 0.173 e. The molecule has 0 unspecified atom stereocenters. The molecular formula is C14H11ClN6. The van der Waals surface area contributed by atoms with Crippen LogP contribution in [0.4, 0.5) is 0 Å². The quantitative estimate of drug-likeness (QED) is 0.570. The van der Waals surface area contributed by atoms with E-state index < -0.39 is 0 Å². The van der Waals surface area contributed by atoms with Crippen molar-refractivity contribution in [2.75, 3.05) is 0 Å². The number of hydrogen-bond acceptors (Lipinski definition) is 4. The molecule has 0 saturated heterocycles. The summed E-state index contributed by atoms with van der Waals surface area (Å²) in [7, 11) is 0. The Labute approximate surface area is 125 Å². The van der Waals surface area contributed by atoms with Crippen molar-refractivity contribution < 1.29 is 0 Å². The van der Waals surface area contributed by atoms with Gasteiger partial charge in [-0.2, -0.15) is 5.10 Å². The van der Waals surface area contributed by atoms with E-state index >= 15 is 0 Å². The molecule has 0 aliphatic rings. The van der Waals surface area contributed by atoms with Gasteiger partial charge in [0.25, 0.3) is 0 Å². The van der Waals surface area contributed by atoms with Gasteiger partial charge in [0.1, 0.15) is 12.9 Å². The minimum absolute atomic E-state index is 0.476. The molecule has 0 N–H and O–H groups in total. The van der Waals surface area contributed by atoms with Crippen LogP contribution in [0.3, 0.4) is 0 Å². The fourth-order valence-corrected chi connectivity index (χ4v) is 2.46. The van der Waals surface area contributed by atoms with Gasteiger partial charge in [0.2, 0.25) is 0 Å². The molecule has 3 aromatic heterocycles. The van der Waals surface area contributed by atoms with E-state index in [-0.39, 0.29) is 0 Å². The van der Waals surface area contributed by atoms with Crippen molar-refractivity contribution in [1.82, 2.24) is 29.4 Å². The zero-order valence-electron chi connectivity index (χ0n) is 11.2. The molecule has 0 saturated carbocycles. The van der Waals surface area contributed by atoms with Gasteiger partial charge in [-0.1, -0.05) is 23.7 Å². The average molecular weight is 299 g/mol. The van der Waals surface area contributed by atoms with E-state index in [9.17, 15) is 0 Å². The Morgan fingerprint density at radius 3 is 2.86 bits per heavy atom. The molecule has 104 valence electrons. The average Bonchev–Trinajstić information content (AvgIpc) is 3.02. The molecule has 4 aromatic rings. The summed E-state index contributed by atoms with van der Waals surface area (Å²) in [6, 6.07) is 7.87. The molecule has 0 aliphatic heterocycles. The Morgan fingerprint density at radius 1 is 1.19 bits per heavy atom. The van der Waals surface area contributed by atoms with Crippen molar-refractivity contribution in [3.05, 3.63) is 53.3 Å². The first-order valence-corrected chi connectivity index (χ1v) is 6.87. The first-order chi connectivity index (χ1) is 10.2. The SMILES string of the molecule is Cc1nn(Cc2nc3c4ccccc4ncn3n2)cc1Cl.